The minimum absolute atomic E-state index is 0.104. The Morgan fingerprint density at radius 3 is 1.55 bits per heavy atom. The lowest BCUT2D eigenvalue weighted by Crippen LogP contribution is -2.66. The molecule has 2 fully saturated rings. The summed E-state index contributed by atoms with van der Waals surface area (Å²) in [4.78, 5) is 32.6. The predicted molar refractivity (Wildman–Crippen MR) is 147 cm³/mol. The second-order valence-electron chi connectivity index (χ2n) is 11.8. The Kier molecular flexibility index (Phi) is 14.1. The Balaban J connectivity index is 2.11. The Morgan fingerprint density at radius 2 is 1.15 bits per heavy atom. The zero-order valence-electron chi connectivity index (χ0n) is 24.1. The topological polar surface area (TPSA) is 192 Å². The van der Waals surface area contributed by atoms with Crippen LogP contribution in [0.4, 0.5) is 0 Å². The molecule has 2 aliphatic heterocycles. The number of aliphatic carboxylic acids is 2. The molecule has 2 aliphatic rings. The van der Waals surface area contributed by atoms with Gasteiger partial charge in [-0.25, -0.2) is 0 Å². The Labute approximate surface area is 237 Å². The summed E-state index contributed by atoms with van der Waals surface area (Å²) in [6.45, 7) is 8.24. The lowest BCUT2D eigenvalue weighted by Gasteiger charge is -2.53. The number of aliphatic hydroxyl groups is 5. The molecule has 0 saturated carbocycles. The molecule has 0 radical (unpaired) electrons. The molecule has 3 unspecified atom stereocenters. The van der Waals surface area contributed by atoms with E-state index < -0.39 is 48.2 Å². The number of rotatable bonds is 12. The maximum atomic E-state index is 11.5. The summed E-state index contributed by atoms with van der Waals surface area (Å²) < 4.78 is 0. The molecule has 14 heteroatoms. The van der Waals surface area contributed by atoms with Crippen LogP contribution in [-0.4, -0.2) is 202 Å². The number of likely N-dealkylation sites (tertiary alicyclic amines) is 1. The van der Waals surface area contributed by atoms with Crippen LogP contribution in [0.2, 0.25) is 0 Å². The third-order valence-electron chi connectivity index (χ3n) is 8.39. The number of likely N-dealkylation sites (N-methyl/N-ethyl adjacent to an activating group) is 1. The zero-order valence-corrected chi connectivity index (χ0v) is 24.1. The minimum atomic E-state index is -1.23. The third kappa shape index (κ3) is 10.1. The molecule has 0 spiro atoms. The van der Waals surface area contributed by atoms with Gasteiger partial charge in [-0.3, -0.25) is 29.2 Å². The van der Waals surface area contributed by atoms with Crippen molar-refractivity contribution in [3.63, 3.8) is 0 Å². The van der Waals surface area contributed by atoms with Crippen molar-refractivity contribution >= 4 is 11.9 Å². The maximum absolute atomic E-state index is 11.5. The van der Waals surface area contributed by atoms with Gasteiger partial charge in [-0.15, -0.1) is 0 Å². The number of hydrogen-bond donors (Lipinski definition) is 7. The van der Waals surface area contributed by atoms with E-state index in [0.29, 0.717) is 58.9 Å². The van der Waals surface area contributed by atoms with Gasteiger partial charge in [-0.05, 0) is 6.54 Å². The van der Waals surface area contributed by atoms with E-state index in [-0.39, 0.29) is 39.3 Å². The van der Waals surface area contributed by atoms with Gasteiger partial charge in [0.15, 0.2) is 0 Å². The summed E-state index contributed by atoms with van der Waals surface area (Å²) in [7, 11) is 0. The molecule has 2 heterocycles. The molecule has 2 saturated heterocycles. The number of nitrogens with zero attached hydrogens (tertiary/aromatic N) is 5. The van der Waals surface area contributed by atoms with E-state index >= 15 is 0 Å². The molecular formula is C26H51N5O9. The van der Waals surface area contributed by atoms with Crippen LogP contribution in [0.3, 0.4) is 0 Å². The second-order valence-corrected chi connectivity index (χ2v) is 11.8. The van der Waals surface area contributed by atoms with E-state index in [1.807, 2.05) is 16.7 Å². The molecule has 0 aromatic heterocycles. The van der Waals surface area contributed by atoms with E-state index in [1.54, 1.807) is 11.8 Å². The van der Waals surface area contributed by atoms with Crippen LogP contribution >= 0.6 is 0 Å². The second kappa shape index (κ2) is 16.2. The number of carboxylic acid groups (broad SMARTS) is 2. The average molecular weight is 578 g/mol. The summed E-state index contributed by atoms with van der Waals surface area (Å²) in [5.74, 6) is -1.88. The van der Waals surface area contributed by atoms with Crippen LogP contribution in [0.1, 0.15) is 13.8 Å². The number of carboxylic acids is 2. The van der Waals surface area contributed by atoms with Crippen LogP contribution < -0.4 is 0 Å². The van der Waals surface area contributed by atoms with Gasteiger partial charge in [0.2, 0.25) is 0 Å². The largest absolute Gasteiger partial charge is 0.480 e. The zero-order chi connectivity index (χ0) is 29.9. The fraction of sp³-hybridized carbons (Fsp3) is 0.923. The maximum Gasteiger partial charge on any atom is 0.317 e. The van der Waals surface area contributed by atoms with Crippen LogP contribution in [0.25, 0.3) is 0 Å². The highest BCUT2D eigenvalue weighted by Crippen LogP contribution is 2.40. The summed E-state index contributed by atoms with van der Waals surface area (Å²) in [6.07, 6.45) is -1.93. The van der Waals surface area contributed by atoms with Crippen LogP contribution in [0.15, 0.2) is 0 Å². The Bertz CT molecular complexity index is 790. The number of carbonyl (C=O) groups is 2. The highest BCUT2D eigenvalue weighted by molar-refractivity contribution is 5.69. The highest BCUT2D eigenvalue weighted by atomic mass is 16.4. The first-order chi connectivity index (χ1) is 18.9. The first kappa shape index (κ1) is 34.7. The SMILES string of the molecule is CCN1CCN(CC(=O)O)CCN(CC(=O)O)CCN(CC(O)CN2CC(C)(CO)C(O)C(CO)(CO)C2)CC1. The predicted octanol–water partition coefficient (Wildman–Crippen LogP) is -3.60. The average Bonchev–Trinajstić information content (AvgIpc) is 2.90. The molecule has 3 atom stereocenters. The first-order valence-electron chi connectivity index (χ1n) is 14.1. The van der Waals surface area contributed by atoms with Gasteiger partial charge < -0.3 is 40.6 Å². The molecule has 0 aromatic carbocycles. The van der Waals surface area contributed by atoms with Gasteiger partial charge in [0.1, 0.15) is 0 Å². The van der Waals surface area contributed by atoms with Crippen molar-refractivity contribution in [2.75, 3.05) is 118 Å². The van der Waals surface area contributed by atoms with E-state index in [0.717, 1.165) is 6.54 Å². The summed E-state index contributed by atoms with van der Waals surface area (Å²) in [5.41, 5.74) is -2.21. The smallest absolute Gasteiger partial charge is 0.317 e. The summed E-state index contributed by atoms with van der Waals surface area (Å²) >= 11 is 0. The van der Waals surface area contributed by atoms with Crippen molar-refractivity contribution in [3.8, 4) is 0 Å². The molecule has 14 nitrogen and oxygen atoms in total. The molecule has 40 heavy (non-hydrogen) atoms. The molecule has 0 amide bonds. The van der Waals surface area contributed by atoms with Crippen molar-refractivity contribution in [3.05, 3.63) is 0 Å². The number of hydrogen-bond acceptors (Lipinski definition) is 12. The van der Waals surface area contributed by atoms with E-state index in [4.69, 9.17) is 0 Å². The van der Waals surface area contributed by atoms with Crippen molar-refractivity contribution in [1.82, 2.24) is 24.5 Å². The van der Waals surface area contributed by atoms with Gasteiger partial charge in [0.05, 0.1) is 50.5 Å². The summed E-state index contributed by atoms with van der Waals surface area (Å²) in [5, 5.41) is 70.7. The lowest BCUT2D eigenvalue weighted by atomic mass is 9.66. The molecule has 0 bridgehead atoms. The third-order valence-corrected chi connectivity index (χ3v) is 8.39. The van der Waals surface area contributed by atoms with E-state index in [2.05, 4.69) is 9.80 Å². The van der Waals surface area contributed by atoms with Crippen molar-refractivity contribution < 1.29 is 45.3 Å². The van der Waals surface area contributed by atoms with Gasteiger partial charge in [-0.2, -0.15) is 0 Å². The number of aliphatic hydroxyl groups excluding tert-OH is 5. The first-order valence-corrected chi connectivity index (χ1v) is 14.1. The van der Waals surface area contributed by atoms with E-state index in [1.165, 1.54) is 0 Å². The quantitative estimate of drug-likeness (QED) is 0.120. The number of piperidine rings is 1. The van der Waals surface area contributed by atoms with Gasteiger partial charge >= 0.3 is 11.9 Å². The fourth-order valence-electron chi connectivity index (χ4n) is 5.94. The van der Waals surface area contributed by atoms with Crippen LogP contribution in [0, 0.1) is 10.8 Å². The lowest BCUT2D eigenvalue weighted by molar-refractivity contribution is -0.178. The molecule has 234 valence electrons. The van der Waals surface area contributed by atoms with Crippen LogP contribution in [-0.2, 0) is 9.59 Å². The fourth-order valence-corrected chi connectivity index (χ4v) is 5.94. The monoisotopic (exact) mass is 577 g/mol. The molecule has 2 rings (SSSR count). The molecular weight excluding hydrogens is 526 g/mol. The van der Waals surface area contributed by atoms with Crippen LogP contribution in [0.5, 0.6) is 0 Å². The van der Waals surface area contributed by atoms with Crippen molar-refractivity contribution in [2.45, 2.75) is 26.1 Å². The molecule has 0 aliphatic carbocycles. The summed E-state index contributed by atoms with van der Waals surface area (Å²) in [6, 6.07) is 0. The van der Waals surface area contributed by atoms with E-state index in [9.17, 15) is 45.3 Å². The van der Waals surface area contributed by atoms with Crippen molar-refractivity contribution in [2.24, 2.45) is 10.8 Å². The van der Waals surface area contributed by atoms with Gasteiger partial charge in [-0.1, -0.05) is 13.8 Å². The highest BCUT2D eigenvalue weighted by Gasteiger charge is 2.53. The molecule has 0 aromatic rings. The molecule has 7 N–H and O–H groups in total. The van der Waals surface area contributed by atoms with Crippen molar-refractivity contribution in [1.29, 1.82) is 0 Å². The number of β-amino-alcohol motifs (C(OH)–C–C–N with tert-alkyl or cyclic N) is 1. The Morgan fingerprint density at radius 1 is 0.725 bits per heavy atom. The minimum Gasteiger partial charge on any atom is -0.480 e. The Hall–Kier alpha value is -1.46. The van der Waals surface area contributed by atoms with Gasteiger partial charge in [0, 0.05) is 84.0 Å². The standard InChI is InChI=1S/C26H51N5O9/c1-3-27-4-6-28(8-9-30(15-23(38)39)11-10-29(7-5-27)14-22(36)37)12-21(35)13-31-16-25(2,18-32)24(40)26(17-31,19-33)20-34/h21,24,32-35,40H,3-20H2,1-2H3,(H,36,37)(H,38,39). The van der Waals surface area contributed by atoms with Gasteiger partial charge in [0.25, 0.3) is 0 Å². The normalized spacial score (nSPS) is 28.0.